The van der Waals surface area contributed by atoms with Gasteiger partial charge >= 0.3 is 12.0 Å². The molecule has 2 unspecified atom stereocenters. The van der Waals surface area contributed by atoms with Gasteiger partial charge in [0.1, 0.15) is 0 Å². The molecule has 6 heteroatoms. The third-order valence-corrected chi connectivity index (χ3v) is 3.08. The molecule has 0 aromatic heterocycles. The van der Waals surface area contributed by atoms with E-state index in [4.69, 9.17) is 5.11 Å². The van der Waals surface area contributed by atoms with Crippen molar-refractivity contribution in [2.24, 2.45) is 0 Å². The van der Waals surface area contributed by atoms with Crippen molar-refractivity contribution in [3.05, 3.63) is 30.3 Å². The highest BCUT2D eigenvalue weighted by atomic mass is 16.4. The van der Waals surface area contributed by atoms with Gasteiger partial charge in [-0.1, -0.05) is 31.5 Å². The number of anilines is 1. The van der Waals surface area contributed by atoms with Crippen LogP contribution in [0.3, 0.4) is 0 Å². The number of aliphatic carboxylic acids is 1. The molecule has 0 heterocycles. The van der Waals surface area contributed by atoms with Crippen LogP contribution in [0.1, 0.15) is 26.7 Å². The molecule has 0 spiro atoms. The number of carboxylic acid groups (broad SMARTS) is 1. The predicted molar refractivity (Wildman–Crippen MR) is 80.3 cm³/mol. The highest BCUT2D eigenvalue weighted by molar-refractivity contribution is 5.94. The number of unbranched alkanes of at least 4 members (excludes halogenated alkanes) is 1. The number of carbonyl (C=O) groups is 2. The monoisotopic (exact) mass is 294 g/mol. The fourth-order valence-electron chi connectivity index (χ4n) is 1.87. The van der Waals surface area contributed by atoms with Crippen LogP contribution in [0.4, 0.5) is 10.5 Å². The van der Waals surface area contributed by atoms with E-state index in [2.05, 4.69) is 5.32 Å². The fraction of sp³-hybridized carbons (Fsp3) is 0.467. The van der Waals surface area contributed by atoms with Gasteiger partial charge < -0.3 is 15.5 Å². The van der Waals surface area contributed by atoms with Gasteiger partial charge in [0, 0.05) is 12.2 Å². The largest absolute Gasteiger partial charge is 0.480 e. The molecule has 2 atom stereocenters. The molecular weight excluding hydrogens is 272 g/mol. The number of hydrogen-bond acceptors (Lipinski definition) is 3. The van der Waals surface area contributed by atoms with E-state index in [1.165, 1.54) is 11.8 Å². The Morgan fingerprint density at radius 3 is 2.38 bits per heavy atom. The number of hydrogen-bond donors (Lipinski definition) is 3. The third kappa shape index (κ3) is 5.07. The summed E-state index contributed by atoms with van der Waals surface area (Å²) in [6, 6.07) is 7.18. The first kappa shape index (κ1) is 17.0. The van der Waals surface area contributed by atoms with Crippen molar-refractivity contribution in [3.8, 4) is 0 Å². The molecule has 0 aliphatic rings. The Morgan fingerprint density at radius 1 is 1.29 bits per heavy atom. The van der Waals surface area contributed by atoms with E-state index in [1.807, 2.05) is 25.1 Å². The number of benzene rings is 1. The number of nitrogens with zero attached hydrogens (tertiary/aromatic N) is 1. The summed E-state index contributed by atoms with van der Waals surface area (Å²) in [5.41, 5.74) is 0.693. The number of aliphatic hydroxyl groups excluding tert-OH is 1. The lowest BCUT2D eigenvalue weighted by molar-refractivity contribution is -0.141. The van der Waals surface area contributed by atoms with Crippen molar-refractivity contribution in [2.45, 2.75) is 38.8 Å². The Kier molecular flexibility index (Phi) is 6.68. The Bertz CT molecular complexity index is 462. The first-order valence-electron chi connectivity index (χ1n) is 7.01. The Labute approximate surface area is 124 Å². The van der Waals surface area contributed by atoms with Crippen LogP contribution in [-0.2, 0) is 4.79 Å². The van der Waals surface area contributed by atoms with E-state index in [-0.39, 0.29) is 0 Å². The molecule has 0 aliphatic heterocycles. The molecule has 3 N–H and O–H groups in total. The minimum atomic E-state index is -1.33. The van der Waals surface area contributed by atoms with Crippen molar-refractivity contribution in [2.75, 3.05) is 11.4 Å². The number of nitrogens with one attached hydrogen (secondary N) is 1. The molecule has 0 saturated heterocycles. The minimum Gasteiger partial charge on any atom is -0.480 e. The molecule has 0 aliphatic carbocycles. The summed E-state index contributed by atoms with van der Waals surface area (Å²) >= 11 is 0. The average molecular weight is 294 g/mol. The second-order valence-electron chi connectivity index (χ2n) is 4.85. The standard InChI is InChI=1S/C15H22N2O4/c1-3-4-10-17(12-8-6-5-7-9-12)15(21)16-13(11(2)18)14(19)20/h5-9,11,13,18H,3-4,10H2,1-2H3,(H,16,21)(H,19,20). The third-order valence-electron chi connectivity index (χ3n) is 3.08. The minimum absolute atomic E-state index is 0.485. The van der Waals surface area contributed by atoms with Crippen LogP contribution in [0.15, 0.2) is 30.3 Å². The van der Waals surface area contributed by atoms with E-state index in [0.717, 1.165) is 12.8 Å². The van der Waals surface area contributed by atoms with Crippen molar-refractivity contribution < 1.29 is 19.8 Å². The first-order valence-corrected chi connectivity index (χ1v) is 7.01. The molecule has 1 rings (SSSR count). The molecule has 0 fully saturated rings. The Hall–Kier alpha value is -2.08. The van der Waals surface area contributed by atoms with E-state index < -0.39 is 24.1 Å². The van der Waals surface area contributed by atoms with Gasteiger partial charge in [-0.05, 0) is 25.5 Å². The molecule has 0 radical (unpaired) electrons. The lowest BCUT2D eigenvalue weighted by Crippen LogP contribution is -2.52. The van der Waals surface area contributed by atoms with E-state index in [0.29, 0.717) is 12.2 Å². The van der Waals surface area contributed by atoms with Crippen molar-refractivity contribution in [3.63, 3.8) is 0 Å². The molecule has 0 bridgehead atoms. The van der Waals surface area contributed by atoms with Gasteiger partial charge in [-0.15, -0.1) is 0 Å². The van der Waals surface area contributed by atoms with E-state index in [1.54, 1.807) is 12.1 Å². The van der Waals surface area contributed by atoms with Crippen LogP contribution in [0.25, 0.3) is 0 Å². The molecule has 21 heavy (non-hydrogen) atoms. The van der Waals surface area contributed by atoms with Crippen molar-refractivity contribution in [1.29, 1.82) is 0 Å². The number of carbonyl (C=O) groups excluding carboxylic acids is 1. The summed E-state index contributed by atoms with van der Waals surface area (Å²) < 4.78 is 0. The quantitative estimate of drug-likeness (QED) is 0.715. The van der Waals surface area contributed by atoms with Crippen LogP contribution in [0, 0.1) is 0 Å². The van der Waals surface area contributed by atoms with Crippen LogP contribution in [-0.4, -0.2) is 40.9 Å². The molecule has 2 amide bonds. The van der Waals surface area contributed by atoms with Gasteiger partial charge in [0.05, 0.1) is 6.10 Å². The predicted octanol–water partition coefficient (Wildman–Crippen LogP) is 1.84. The second kappa shape index (κ2) is 8.26. The summed E-state index contributed by atoms with van der Waals surface area (Å²) in [4.78, 5) is 24.9. The summed E-state index contributed by atoms with van der Waals surface area (Å²) in [5.74, 6) is -1.26. The highest BCUT2D eigenvalue weighted by Gasteiger charge is 2.27. The SMILES string of the molecule is CCCCN(C(=O)NC(C(=O)O)C(C)O)c1ccccc1. The molecule has 116 valence electrons. The maximum atomic E-state index is 12.3. The van der Waals surface area contributed by atoms with Gasteiger partial charge in [-0.3, -0.25) is 4.90 Å². The first-order chi connectivity index (χ1) is 9.97. The Balaban J connectivity index is 2.87. The number of aliphatic hydroxyl groups is 1. The number of rotatable bonds is 7. The molecule has 6 nitrogen and oxygen atoms in total. The fourth-order valence-corrected chi connectivity index (χ4v) is 1.87. The van der Waals surface area contributed by atoms with E-state index >= 15 is 0 Å². The van der Waals surface area contributed by atoms with Crippen molar-refractivity contribution in [1.82, 2.24) is 5.32 Å². The molecule has 0 saturated carbocycles. The van der Waals surface area contributed by atoms with Crippen LogP contribution in [0.5, 0.6) is 0 Å². The summed E-state index contributed by atoms with van der Waals surface area (Å²) in [6.07, 6.45) is 0.541. The Morgan fingerprint density at radius 2 is 1.90 bits per heavy atom. The van der Waals surface area contributed by atoms with Gasteiger partial charge in [-0.2, -0.15) is 0 Å². The number of urea groups is 1. The number of para-hydroxylation sites is 1. The van der Waals surface area contributed by atoms with Crippen LogP contribution >= 0.6 is 0 Å². The number of carboxylic acids is 1. The van der Waals surface area contributed by atoms with Gasteiger partial charge in [0.2, 0.25) is 0 Å². The molecule has 1 aromatic carbocycles. The summed E-state index contributed by atoms with van der Waals surface area (Å²) in [7, 11) is 0. The highest BCUT2D eigenvalue weighted by Crippen LogP contribution is 2.14. The van der Waals surface area contributed by atoms with E-state index in [9.17, 15) is 14.7 Å². The zero-order chi connectivity index (χ0) is 15.8. The molecule has 1 aromatic rings. The zero-order valence-corrected chi connectivity index (χ0v) is 12.3. The van der Waals surface area contributed by atoms with Crippen LogP contribution < -0.4 is 10.2 Å². The van der Waals surface area contributed by atoms with Crippen molar-refractivity contribution >= 4 is 17.7 Å². The van der Waals surface area contributed by atoms with Gasteiger partial charge in [-0.25, -0.2) is 9.59 Å². The lowest BCUT2D eigenvalue weighted by Gasteiger charge is -2.26. The normalized spacial score (nSPS) is 13.3. The summed E-state index contributed by atoms with van der Waals surface area (Å²) in [6.45, 7) is 3.83. The second-order valence-corrected chi connectivity index (χ2v) is 4.85. The summed E-state index contributed by atoms with van der Waals surface area (Å²) in [5, 5.41) is 20.8. The smallest absolute Gasteiger partial charge is 0.328 e. The van der Waals surface area contributed by atoms with Gasteiger partial charge in [0.15, 0.2) is 6.04 Å². The van der Waals surface area contributed by atoms with Crippen LogP contribution in [0.2, 0.25) is 0 Å². The topological polar surface area (TPSA) is 89.9 Å². The maximum Gasteiger partial charge on any atom is 0.328 e. The zero-order valence-electron chi connectivity index (χ0n) is 12.3. The van der Waals surface area contributed by atoms with Gasteiger partial charge in [0.25, 0.3) is 0 Å². The average Bonchev–Trinajstić information content (AvgIpc) is 2.45. The number of amides is 2. The lowest BCUT2D eigenvalue weighted by atomic mass is 10.2. The molecular formula is C15H22N2O4. The maximum absolute atomic E-state index is 12.3.